The highest BCUT2D eigenvalue weighted by molar-refractivity contribution is 5.95. The van der Waals surface area contributed by atoms with Crippen LogP contribution in [0.25, 0.3) is 0 Å². The van der Waals surface area contributed by atoms with Crippen LogP contribution in [0.2, 0.25) is 0 Å². The number of hydrogen-bond donors (Lipinski definition) is 3. The number of anilines is 2. The molecule has 0 saturated carbocycles. The fourth-order valence-corrected chi connectivity index (χ4v) is 2.18. The molecule has 1 heterocycles. The fourth-order valence-electron chi connectivity index (χ4n) is 2.18. The number of carbonyl (C=O) groups excluding carboxylic acids is 1. The molecule has 0 radical (unpaired) electrons. The van der Waals surface area contributed by atoms with Crippen molar-refractivity contribution in [1.82, 2.24) is 15.4 Å². The quantitative estimate of drug-likeness (QED) is 0.468. The van der Waals surface area contributed by atoms with Gasteiger partial charge in [-0.1, -0.05) is 0 Å². The van der Waals surface area contributed by atoms with Gasteiger partial charge in [-0.25, -0.2) is 14.4 Å². The molecule has 11 heteroatoms. The van der Waals surface area contributed by atoms with E-state index in [2.05, 4.69) is 20.8 Å². The van der Waals surface area contributed by atoms with Gasteiger partial charge in [-0.3, -0.25) is 25.8 Å². The van der Waals surface area contributed by atoms with E-state index in [4.69, 9.17) is 5.11 Å². The number of benzene rings is 1. The molecule has 0 unspecified atom stereocenters. The molecule has 0 saturated heterocycles. The normalized spacial score (nSPS) is 10.3. The Morgan fingerprint density at radius 1 is 1.35 bits per heavy atom. The van der Waals surface area contributed by atoms with E-state index in [1.54, 1.807) is 6.92 Å². The van der Waals surface area contributed by atoms with Gasteiger partial charge < -0.3 is 10.0 Å². The molecule has 26 heavy (non-hydrogen) atoms. The molecule has 2 rings (SSSR count). The van der Waals surface area contributed by atoms with E-state index >= 15 is 0 Å². The lowest BCUT2D eigenvalue weighted by atomic mass is 10.2. The van der Waals surface area contributed by atoms with E-state index < -0.39 is 22.3 Å². The van der Waals surface area contributed by atoms with Crippen LogP contribution in [0.3, 0.4) is 0 Å². The second-order valence-electron chi connectivity index (χ2n) is 5.04. The highest BCUT2D eigenvalue weighted by Gasteiger charge is 2.26. The highest BCUT2D eigenvalue weighted by atomic mass is 19.1. The summed E-state index contributed by atoms with van der Waals surface area (Å²) in [6.45, 7) is 2.07. The summed E-state index contributed by atoms with van der Waals surface area (Å²) in [5.74, 6) is -1.32. The molecule has 1 aromatic heterocycles. The van der Waals surface area contributed by atoms with Gasteiger partial charge in [0, 0.05) is 18.7 Å². The van der Waals surface area contributed by atoms with Crippen LogP contribution in [0.5, 0.6) is 0 Å². The Hall–Kier alpha value is -3.34. The summed E-state index contributed by atoms with van der Waals surface area (Å²) in [5.41, 5.74) is 4.38. The number of hydrogen-bond acceptors (Lipinski definition) is 8. The van der Waals surface area contributed by atoms with E-state index in [-0.39, 0.29) is 30.4 Å². The SMILES string of the molecule is CCN(CCO)c1ncnc(NNC(=O)c2ccc(F)cc2)c1[N+](=O)[O-]. The topological polar surface area (TPSA) is 134 Å². The van der Waals surface area contributed by atoms with Crippen molar-refractivity contribution >= 4 is 23.2 Å². The van der Waals surface area contributed by atoms with Crippen molar-refractivity contribution in [2.24, 2.45) is 0 Å². The van der Waals surface area contributed by atoms with Crippen molar-refractivity contribution in [3.63, 3.8) is 0 Å². The molecule has 3 N–H and O–H groups in total. The average molecular weight is 364 g/mol. The Bertz CT molecular complexity index is 786. The van der Waals surface area contributed by atoms with Crippen LogP contribution in [0, 0.1) is 15.9 Å². The van der Waals surface area contributed by atoms with Gasteiger partial charge in [-0.05, 0) is 31.2 Å². The maximum Gasteiger partial charge on any atom is 0.355 e. The van der Waals surface area contributed by atoms with Gasteiger partial charge in [0.25, 0.3) is 5.91 Å². The van der Waals surface area contributed by atoms with Gasteiger partial charge in [-0.15, -0.1) is 0 Å². The van der Waals surface area contributed by atoms with Gasteiger partial charge in [0.1, 0.15) is 12.1 Å². The fraction of sp³-hybridized carbons (Fsp3) is 0.267. The Balaban J connectivity index is 2.24. The van der Waals surface area contributed by atoms with Crippen molar-refractivity contribution in [2.45, 2.75) is 6.92 Å². The van der Waals surface area contributed by atoms with Gasteiger partial charge in [0.2, 0.25) is 11.6 Å². The molecule has 10 nitrogen and oxygen atoms in total. The van der Waals surface area contributed by atoms with Crippen LogP contribution < -0.4 is 15.8 Å². The minimum Gasteiger partial charge on any atom is -0.395 e. The number of amides is 1. The lowest BCUT2D eigenvalue weighted by Gasteiger charge is -2.20. The van der Waals surface area contributed by atoms with Crippen molar-refractivity contribution in [3.05, 3.63) is 52.1 Å². The number of carbonyl (C=O) groups is 1. The van der Waals surface area contributed by atoms with E-state index in [1.807, 2.05) is 0 Å². The van der Waals surface area contributed by atoms with Crippen molar-refractivity contribution < 1.29 is 19.2 Å². The molecule has 0 atom stereocenters. The summed E-state index contributed by atoms with van der Waals surface area (Å²) in [6.07, 6.45) is 1.11. The molecular formula is C15H17FN6O4. The predicted molar refractivity (Wildman–Crippen MR) is 91.1 cm³/mol. The third kappa shape index (κ3) is 4.39. The zero-order chi connectivity index (χ0) is 19.1. The first-order valence-electron chi connectivity index (χ1n) is 7.65. The first-order valence-corrected chi connectivity index (χ1v) is 7.65. The smallest absolute Gasteiger partial charge is 0.355 e. The number of aliphatic hydroxyl groups is 1. The molecule has 1 amide bonds. The zero-order valence-electron chi connectivity index (χ0n) is 13.8. The molecular weight excluding hydrogens is 347 g/mol. The van der Waals surface area contributed by atoms with Crippen molar-refractivity contribution in [2.75, 3.05) is 30.0 Å². The molecule has 0 aliphatic heterocycles. The summed E-state index contributed by atoms with van der Waals surface area (Å²) < 4.78 is 12.9. The third-order valence-electron chi connectivity index (χ3n) is 3.44. The largest absolute Gasteiger partial charge is 0.395 e. The monoisotopic (exact) mass is 364 g/mol. The number of nitro groups is 1. The van der Waals surface area contributed by atoms with Crippen molar-refractivity contribution in [1.29, 1.82) is 0 Å². The summed E-state index contributed by atoms with van der Waals surface area (Å²) >= 11 is 0. The molecule has 0 bridgehead atoms. The van der Waals surface area contributed by atoms with Crippen molar-refractivity contribution in [3.8, 4) is 0 Å². The van der Waals surface area contributed by atoms with E-state index in [9.17, 15) is 19.3 Å². The number of aromatic nitrogens is 2. The average Bonchev–Trinajstić information content (AvgIpc) is 2.64. The van der Waals surface area contributed by atoms with Crippen LogP contribution in [0.15, 0.2) is 30.6 Å². The zero-order valence-corrected chi connectivity index (χ0v) is 13.8. The van der Waals surface area contributed by atoms with Gasteiger partial charge >= 0.3 is 5.69 Å². The Labute approximate surface area is 147 Å². The van der Waals surface area contributed by atoms with E-state index in [1.165, 1.54) is 17.0 Å². The molecule has 2 aromatic rings. The van der Waals surface area contributed by atoms with Crippen LogP contribution in [-0.4, -0.2) is 45.6 Å². The second-order valence-corrected chi connectivity index (χ2v) is 5.04. The summed E-state index contributed by atoms with van der Waals surface area (Å²) in [6, 6.07) is 4.78. The minimum absolute atomic E-state index is 0.0140. The molecule has 0 aliphatic rings. The van der Waals surface area contributed by atoms with Crippen LogP contribution in [-0.2, 0) is 0 Å². The highest BCUT2D eigenvalue weighted by Crippen LogP contribution is 2.31. The first-order chi connectivity index (χ1) is 12.5. The molecule has 0 fully saturated rings. The maximum atomic E-state index is 12.9. The van der Waals surface area contributed by atoms with Crippen LogP contribution in [0.1, 0.15) is 17.3 Å². The molecule has 0 spiro atoms. The van der Waals surface area contributed by atoms with E-state index in [0.717, 1.165) is 18.5 Å². The van der Waals surface area contributed by atoms with Gasteiger partial charge in [-0.2, -0.15) is 0 Å². The minimum atomic E-state index is -0.679. The van der Waals surface area contributed by atoms with E-state index in [0.29, 0.717) is 6.54 Å². The second kappa shape index (κ2) is 8.67. The maximum absolute atomic E-state index is 12.9. The number of likely N-dealkylation sites (N-methyl/N-ethyl adjacent to an activating group) is 1. The standard InChI is InChI=1S/C15H17FN6O4/c1-2-21(7-8-23)14-12(22(25)26)13(17-9-18-14)19-20-15(24)10-3-5-11(16)6-4-10/h3-6,9,23H,2,7-8H2,1H3,(H,20,24)(H,17,18,19). The summed E-state index contributed by atoms with van der Waals surface area (Å²) in [7, 11) is 0. The molecule has 1 aromatic carbocycles. The molecule has 138 valence electrons. The number of nitrogens with one attached hydrogen (secondary N) is 2. The van der Waals surface area contributed by atoms with Gasteiger partial charge in [0.05, 0.1) is 11.5 Å². The third-order valence-corrected chi connectivity index (χ3v) is 3.44. The first kappa shape index (κ1) is 19.0. The van der Waals surface area contributed by atoms with Crippen LogP contribution >= 0.6 is 0 Å². The summed E-state index contributed by atoms with van der Waals surface area (Å²) in [5, 5.41) is 20.6. The lowest BCUT2D eigenvalue weighted by Crippen LogP contribution is -2.32. The molecule has 0 aliphatic carbocycles. The summed E-state index contributed by atoms with van der Waals surface area (Å²) in [4.78, 5) is 32.0. The number of nitrogens with zero attached hydrogens (tertiary/aromatic N) is 4. The van der Waals surface area contributed by atoms with Crippen LogP contribution in [0.4, 0.5) is 21.7 Å². The predicted octanol–water partition coefficient (Wildman–Crippen LogP) is 1.10. The Morgan fingerprint density at radius 3 is 2.62 bits per heavy atom. The lowest BCUT2D eigenvalue weighted by molar-refractivity contribution is -0.383. The number of aliphatic hydroxyl groups excluding tert-OH is 1. The Kier molecular flexibility index (Phi) is 6.33. The number of rotatable bonds is 8. The van der Waals surface area contributed by atoms with Gasteiger partial charge in [0.15, 0.2) is 0 Å². The number of hydrazine groups is 1. The Morgan fingerprint density at radius 2 is 2.04 bits per heavy atom. The number of halogens is 1.